The molecular weight excluding hydrogens is 266 g/mol. The van der Waals surface area contributed by atoms with Crippen LogP contribution < -0.4 is 5.32 Å². The lowest BCUT2D eigenvalue weighted by atomic mass is 10.1. The highest BCUT2D eigenvalue weighted by atomic mass is 16.2. The van der Waals surface area contributed by atoms with E-state index in [9.17, 15) is 4.79 Å². The molecule has 1 aromatic carbocycles. The topological polar surface area (TPSA) is 63.1 Å². The zero-order valence-corrected chi connectivity index (χ0v) is 12.0. The van der Waals surface area contributed by atoms with Gasteiger partial charge in [-0.2, -0.15) is 5.10 Å². The van der Waals surface area contributed by atoms with Crippen LogP contribution >= 0.6 is 0 Å². The van der Waals surface area contributed by atoms with Crippen molar-refractivity contribution in [1.29, 1.82) is 0 Å². The number of rotatable bonds is 6. The molecule has 2 rings (SSSR count). The molecule has 1 atom stereocenters. The van der Waals surface area contributed by atoms with E-state index >= 15 is 0 Å². The van der Waals surface area contributed by atoms with Crippen molar-refractivity contribution in [2.45, 2.75) is 12.6 Å². The highest BCUT2D eigenvalue weighted by molar-refractivity contribution is 5.74. The summed E-state index contributed by atoms with van der Waals surface area (Å²) in [5, 5.41) is 7.10. The summed E-state index contributed by atoms with van der Waals surface area (Å²) in [6.07, 6.45) is 4.80. The van der Waals surface area contributed by atoms with E-state index in [2.05, 4.69) is 22.0 Å². The van der Waals surface area contributed by atoms with E-state index < -0.39 is 0 Å². The lowest BCUT2D eigenvalue weighted by Gasteiger charge is -2.23. The predicted molar refractivity (Wildman–Crippen MR) is 80.6 cm³/mol. The number of amides is 2. The molecule has 0 spiro atoms. The first kappa shape index (κ1) is 14.8. The van der Waals surface area contributed by atoms with Crippen molar-refractivity contribution in [3.05, 3.63) is 61.2 Å². The number of likely N-dealkylation sites (N-methyl/N-ethyl adjacent to an activating group) is 1. The molecule has 6 nitrogen and oxygen atoms in total. The van der Waals surface area contributed by atoms with Crippen LogP contribution in [-0.4, -0.2) is 39.3 Å². The number of hydrogen-bond donors (Lipinski definition) is 1. The Morgan fingerprint density at radius 1 is 1.48 bits per heavy atom. The first-order valence-electron chi connectivity index (χ1n) is 6.70. The van der Waals surface area contributed by atoms with Crippen LogP contribution in [0, 0.1) is 0 Å². The summed E-state index contributed by atoms with van der Waals surface area (Å²) in [5.41, 5.74) is 1.02. The zero-order valence-electron chi connectivity index (χ0n) is 12.0. The fraction of sp³-hybridized carbons (Fsp3) is 0.267. The summed E-state index contributed by atoms with van der Waals surface area (Å²) < 4.78 is 1.70. The molecule has 1 heterocycles. The Bertz CT molecular complexity index is 567. The van der Waals surface area contributed by atoms with Gasteiger partial charge in [0.2, 0.25) is 0 Å². The molecule has 0 aliphatic rings. The molecular formula is C15H19N5O. The lowest BCUT2D eigenvalue weighted by molar-refractivity contribution is 0.207. The van der Waals surface area contributed by atoms with Crippen LogP contribution in [0.5, 0.6) is 0 Å². The maximum absolute atomic E-state index is 12.2. The summed E-state index contributed by atoms with van der Waals surface area (Å²) in [4.78, 5) is 17.7. The molecule has 0 unspecified atom stereocenters. The lowest BCUT2D eigenvalue weighted by Crippen LogP contribution is -2.40. The van der Waals surface area contributed by atoms with Crippen molar-refractivity contribution < 1.29 is 4.79 Å². The minimum absolute atomic E-state index is 0.149. The SMILES string of the molecule is C=CCN(C)C(=O)N[C@@H](Cn1cncn1)c1ccccc1. The van der Waals surface area contributed by atoms with E-state index in [4.69, 9.17) is 0 Å². The van der Waals surface area contributed by atoms with E-state index in [0.29, 0.717) is 13.1 Å². The van der Waals surface area contributed by atoms with Crippen LogP contribution in [0.25, 0.3) is 0 Å². The standard InChI is InChI=1S/C15H19N5O/c1-3-9-19(2)15(21)18-14(10-20-12-16-11-17-20)13-7-5-4-6-8-13/h3-8,11-12,14H,1,9-10H2,2H3,(H,18,21)/t14-/m0/s1. The van der Waals surface area contributed by atoms with Crippen LogP contribution in [0.4, 0.5) is 4.79 Å². The summed E-state index contributed by atoms with van der Waals surface area (Å²) in [5.74, 6) is 0. The van der Waals surface area contributed by atoms with Crippen LogP contribution in [-0.2, 0) is 6.54 Å². The molecule has 21 heavy (non-hydrogen) atoms. The molecule has 6 heteroatoms. The molecule has 2 aromatic rings. The van der Waals surface area contributed by atoms with Crippen molar-refractivity contribution in [3.8, 4) is 0 Å². The average molecular weight is 285 g/mol. The minimum atomic E-state index is -0.173. The average Bonchev–Trinajstić information content (AvgIpc) is 3.00. The Morgan fingerprint density at radius 3 is 2.86 bits per heavy atom. The normalized spacial score (nSPS) is 11.7. The number of carbonyl (C=O) groups excluding carboxylic acids is 1. The molecule has 0 saturated heterocycles. The van der Waals surface area contributed by atoms with Crippen LogP contribution in [0.15, 0.2) is 55.6 Å². The quantitative estimate of drug-likeness (QED) is 0.824. The molecule has 0 aliphatic carbocycles. The molecule has 1 N–H and O–H groups in total. The number of nitrogens with one attached hydrogen (secondary N) is 1. The molecule has 0 bridgehead atoms. The highest BCUT2D eigenvalue weighted by Gasteiger charge is 2.17. The Balaban J connectivity index is 2.12. The first-order valence-corrected chi connectivity index (χ1v) is 6.70. The molecule has 0 aliphatic heterocycles. The van der Waals surface area contributed by atoms with E-state index in [-0.39, 0.29) is 12.1 Å². The number of nitrogens with zero attached hydrogens (tertiary/aromatic N) is 4. The monoisotopic (exact) mass is 285 g/mol. The third-order valence-electron chi connectivity index (χ3n) is 3.09. The Hall–Kier alpha value is -2.63. The van der Waals surface area contributed by atoms with Gasteiger partial charge in [-0.1, -0.05) is 36.4 Å². The van der Waals surface area contributed by atoms with Gasteiger partial charge in [-0.15, -0.1) is 6.58 Å². The van der Waals surface area contributed by atoms with E-state index in [1.807, 2.05) is 30.3 Å². The second-order valence-electron chi connectivity index (χ2n) is 4.70. The van der Waals surface area contributed by atoms with Crippen molar-refractivity contribution in [2.75, 3.05) is 13.6 Å². The number of urea groups is 1. The Labute approximate surface area is 124 Å². The maximum Gasteiger partial charge on any atom is 0.317 e. The van der Waals surface area contributed by atoms with Gasteiger partial charge in [-0.25, -0.2) is 9.78 Å². The fourth-order valence-corrected chi connectivity index (χ4v) is 1.97. The number of carbonyl (C=O) groups is 1. The van der Waals surface area contributed by atoms with Crippen LogP contribution in [0.2, 0.25) is 0 Å². The van der Waals surface area contributed by atoms with Gasteiger partial charge in [0, 0.05) is 13.6 Å². The summed E-state index contributed by atoms with van der Waals surface area (Å²) in [6, 6.07) is 9.48. The van der Waals surface area contributed by atoms with Gasteiger partial charge in [0.1, 0.15) is 12.7 Å². The first-order chi connectivity index (χ1) is 10.2. The molecule has 0 saturated carbocycles. The maximum atomic E-state index is 12.2. The number of benzene rings is 1. The predicted octanol–water partition coefficient (Wildman–Crippen LogP) is 1.85. The van der Waals surface area contributed by atoms with Crippen LogP contribution in [0.1, 0.15) is 11.6 Å². The molecule has 0 fully saturated rings. The van der Waals surface area contributed by atoms with Crippen molar-refractivity contribution in [1.82, 2.24) is 25.0 Å². The van der Waals surface area contributed by atoms with Crippen molar-refractivity contribution in [3.63, 3.8) is 0 Å². The number of aromatic nitrogens is 3. The Kier molecular flexibility index (Phi) is 5.09. The smallest absolute Gasteiger partial charge is 0.317 e. The fourth-order valence-electron chi connectivity index (χ4n) is 1.97. The molecule has 0 radical (unpaired) electrons. The van der Waals surface area contributed by atoms with Crippen molar-refractivity contribution in [2.24, 2.45) is 0 Å². The van der Waals surface area contributed by atoms with Gasteiger partial charge >= 0.3 is 6.03 Å². The molecule has 1 aromatic heterocycles. The molecule has 2 amide bonds. The van der Waals surface area contributed by atoms with Crippen LogP contribution in [0.3, 0.4) is 0 Å². The third kappa shape index (κ3) is 4.17. The van der Waals surface area contributed by atoms with E-state index in [0.717, 1.165) is 5.56 Å². The second kappa shape index (κ2) is 7.23. The highest BCUT2D eigenvalue weighted by Crippen LogP contribution is 2.14. The number of hydrogen-bond acceptors (Lipinski definition) is 3. The minimum Gasteiger partial charge on any atom is -0.329 e. The van der Waals surface area contributed by atoms with Gasteiger partial charge in [-0.05, 0) is 5.56 Å². The van der Waals surface area contributed by atoms with E-state index in [1.54, 1.807) is 29.0 Å². The van der Waals surface area contributed by atoms with Gasteiger partial charge < -0.3 is 10.2 Å². The Morgan fingerprint density at radius 2 is 2.24 bits per heavy atom. The van der Waals surface area contributed by atoms with Gasteiger partial charge in [-0.3, -0.25) is 4.68 Å². The third-order valence-corrected chi connectivity index (χ3v) is 3.09. The summed E-state index contributed by atoms with van der Waals surface area (Å²) in [6.45, 7) is 4.66. The summed E-state index contributed by atoms with van der Waals surface area (Å²) >= 11 is 0. The zero-order chi connectivity index (χ0) is 15.1. The van der Waals surface area contributed by atoms with Crippen molar-refractivity contribution >= 4 is 6.03 Å². The second-order valence-corrected chi connectivity index (χ2v) is 4.70. The summed E-state index contributed by atoms with van der Waals surface area (Å²) in [7, 11) is 1.73. The molecule has 110 valence electrons. The van der Waals surface area contributed by atoms with Gasteiger partial charge in [0.25, 0.3) is 0 Å². The van der Waals surface area contributed by atoms with E-state index in [1.165, 1.54) is 6.33 Å². The van der Waals surface area contributed by atoms with Gasteiger partial charge in [0.05, 0.1) is 12.6 Å². The van der Waals surface area contributed by atoms with Gasteiger partial charge in [0.15, 0.2) is 0 Å². The largest absolute Gasteiger partial charge is 0.329 e.